The minimum absolute atomic E-state index is 0.0481. The van der Waals surface area contributed by atoms with Crippen molar-refractivity contribution < 1.29 is 4.79 Å². The molecule has 1 saturated carbocycles. The number of carbonyl (C=O) groups is 1. The zero-order valence-corrected chi connectivity index (χ0v) is 12.6. The number of carbonyl (C=O) groups excluding carboxylic acids is 1. The molecule has 0 bridgehead atoms. The van der Waals surface area contributed by atoms with Crippen molar-refractivity contribution in [2.45, 2.75) is 45.6 Å². The van der Waals surface area contributed by atoms with E-state index in [1.165, 1.54) is 12.8 Å². The Balaban J connectivity index is 2.00. The molecule has 1 aliphatic rings. The van der Waals surface area contributed by atoms with E-state index in [9.17, 15) is 4.79 Å². The Hall–Kier alpha value is -0.830. The van der Waals surface area contributed by atoms with Crippen LogP contribution >= 0.6 is 15.9 Å². The van der Waals surface area contributed by atoms with Crippen LogP contribution in [0.5, 0.6) is 0 Å². The SMILES string of the molecule is CCC(CC1CC1)NC(=O)c1cc(C)cc(Br)c1. The highest BCUT2D eigenvalue weighted by molar-refractivity contribution is 9.10. The van der Waals surface area contributed by atoms with Gasteiger partial charge in [0.25, 0.3) is 5.91 Å². The zero-order valence-electron chi connectivity index (χ0n) is 11.0. The van der Waals surface area contributed by atoms with Crippen LogP contribution in [0, 0.1) is 12.8 Å². The third-order valence-electron chi connectivity index (χ3n) is 3.45. The fraction of sp³-hybridized carbons (Fsp3) is 0.533. The highest BCUT2D eigenvalue weighted by Gasteiger charge is 2.25. The Kier molecular flexibility index (Phi) is 4.44. The Labute approximate surface area is 117 Å². The van der Waals surface area contributed by atoms with Crippen LogP contribution < -0.4 is 5.32 Å². The lowest BCUT2D eigenvalue weighted by molar-refractivity contribution is 0.0932. The number of amides is 1. The van der Waals surface area contributed by atoms with E-state index in [2.05, 4.69) is 28.2 Å². The maximum Gasteiger partial charge on any atom is 0.251 e. The molecule has 0 aromatic heterocycles. The molecule has 0 spiro atoms. The largest absolute Gasteiger partial charge is 0.349 e. The van der Waals surface area contributed by atoms with Crippen molar-refractivity contribution in [1.29, 1.82) is 0 Å². The van der Waals surface area contributed by atoms with Crippen LogP contribution in [0.15, 0.2) is 22.7 Å². The molecule has 1 atom stereocenters. The molecule has 18 heavy (non-hydrogen) atoms. The lowest BCUT2D eigenvalue weighted by Crippen LogP contribution is -2.34. The molecule has 1 unspecified atom stereocenters. The lowest BCUT2D eigenvalue weighted by atomic mass is 10.1. The summed E-state index contributed by atoms with van der Waals surface area (Å²) in [6, 6.07) is 6.15. The number of halogens is 1. The number of rotatable bonds is 5. The Morgan fingerprint density at radius 2 is 2.17 bits per heavy atom. The molecule has 2 nitrogen and oxygen atoms in total. The van der Waals surface area contributed by atoms with Crippen LogP contribution in [0.25, 0.3) is 0 Å². The van der Waals surface area contributed by atoms with Gasteiger partial charge in [-0.25, -0.2) is 0 Å². The van der Waals surface area contributed by atoms with Gasteiger partial charge in [-0.3, -0.25) is 4.79 Å². The van der Waals surface area contributed by atoms with Gasteiger partial charge in [-0.05, 0) is 49.4 Å². The quantitative estimate of drug-likeness (QED) is 0.873. The maximum absolute atomic E-state index is 12.2. The van der Waals surface area contributed by atoms with Crippen molar-refractivity contribution in [3.63, 3.8) is 0 Å². The van der Waals surface area contributed by atoms with Gasteiger partial charge in [0, 0.05) is 16.1 Å². The van der Waals surface area contributed by atoms with Crippen LogP contribution in [-0.4, -0.2) is 11.9 Å². The number of nitrogens with one attached hydrogen (secondary N) is 1. The van der Waals surface area contributed by atoms with Crippen molar-refractivity contribution in [2.24, 2.45) is 5.92 Å². The number of hydrogen-bond acceptors (Lipinski definition) is 1. The van der Waals surface area contributed by atoms with E-state index in [1.54, 1.807) is 0 Å². The van der Waals surface area contributed by atoms with Gasteiger partial charge in [0.1, 0.15) is 0 Å². The summed E-state index contributed by atoms with van der Waals surface area (Å²) in [5.41, 5.74) is 1.85. The summed E-state index contributed by atoms with van der Waals surface area (Å²) in [6.45, 7) is 4.14. The third kappa shape index (κ3) is 3.84. The van der Waals surface area contributed by atoms with Gasteiger partial charge in [0.2, 0.25) is 0 Å². The summed E-state index contributed by atoms with van der Waals surface area (Å²) in [5.74, 6) is 0.895. The molecule has 2 rings (SSSR count). The Morgan fingerprint density at radius 3 is 2.72 bits per heavy atom. The topological polar surface area (TPSA) is 29.1 Å². The summed E-state index contributed by atoms with van der Waals surface area (Å²) >= 11 is 3.43. The summed E-state index contributed by atoms with van der Waals surface area (Å²) in [7, 11) is 0. The van der Waals surface area contributed by atoms with Gasteiger partial charge in [0.05, 0.1) is 0 Å². The fourth-order valence-corrected chi connectivity index (χ4v) is 2.83. The van der Waals surface area contributed by atoms with E-state index in [0.29, 0.717) is 6.04 Å². The zero-order chi connectivity index (χ0) is 13.1. The van der Waals surface area contributed by atoms with Crippen LogP contribution in [0.1, 0.15) is 48.5 Å². The van der Waals surface area contributed by atoms with E-state index >= 15 is 0 Å². The molecule has 1 fully saturated rings. The fourth-order valence-electron chi connectivity index (χ4n) is 2.22. The number of benzene rings is 1. The van der Waals surface area contributed by atoms with Gasteiger partial charge in [-0.15, -0.1) is 0 Å². The first-order valence-corrected chi connectivity index (χ1v) is 7.46. The minimum atomic E-state index is 0.0481. The summed E-state index contributed by atoms with van der Waals surface area (Å²) in [5, 5.41) is 3.15. The second kappa shape index (κ2) is 5.87. The smallest absolute Gasteiger partial charge is 0.251 e. The van der Waals surface area contributed by atoms with Crippen molar-refractivity contribution in [1.82, 2.24) is 5.32 Å². The molecule has 1 aromatic carbocycles. The predicted octanol–water partition coefficient (Wildman–Crippen LogP) is 4.07. The van der Waals surface area contributed by atoms with Crippen molar-refractivity contribution in [2.75, 3.05) is 0 Å². The van der Waals surface area contributed by atoms with Crippen molar-refractivity contribution in [3.05, 3.63) is 33.8 Å². The van der Waals surface area contributed by atoms with Gasteiger partial charge >= 0.3 is 0 Å². The Morgan fingerprint density at radius 1 is 1.44 bits per heavy atom. The molecule has 98 valence electrons. The van der Waals surface area contributed by atoms with Gasteiger partial charge < -0.3 is 5.32 Å². The van der Waals surface area contributed by atoms with Gasteiger partial charge in [-0.1, -0.05) is 35.7 Å². The summed E-state index contributed by atoms with van der Waals surface area (Å²) in [4.78, 5) is 12.2. The molecule has 1 N–H and O–H groups in total. The second-order valence-electron chi connectivity index (χ2n) is 5.27. The van der Waals surface area contributed by atoms with Crippen LogP contribution in [-0.2, 0) is 0 Å². The van der Waals surface area contributed by atoms with Gasteiger partial charge in [0.15, 0.2) is 0 Å². The highest BCUT2D eigenvalue weighted by atomic mass is 79.9. The van der Waals surface area contributed by atoms with E-state index < -0.39 is 0 Å². The molecular formula is C15H20BrNO. The highest BCUT2D eigenvalue weighted by Crippen LogP contribution is 2.34. The van der Waals surface area contributed by atoms with Gasteiger partial charge in [-0.2, -0.15) is 0 Å². The first-order chi connectivity index (χ1) is 8.58. The lowest BCUT2D eigenvalue weighted by Gasteiger charge is -2.17. The molecule has 1 aliphatic carbocycles. The number of aryl methyl sites for hydroxylation is 1. The summed E-state index contributed by atoms with van der Waals surface area (Å²) < 4.78 is 0.961. The van der Waals surface area contributed by atoms with Crippen LogP contribution in [0.4, 0.5) is 0 Å². The molecular weight excluding hydrogens is 290 g/mol. The average molecular weight is 310 g/mol. The molecule has 0 saturated heterocycles. The molecule has 3 heteroatoms. The average Bonchev–Trinajstić information content (AvgIpc) is 3.10. The molecule has 1 aromatic rings. The van der Waals surface area contributed by atoms with Crippen molar-refractivity contribution >= 4 is 21.8 Å². The first-order valence-electron chi connectivity index (χ1n) is 6.66. The molecule has 0 heterocycles. The first kappa shape index (κ1) is 13.6. The van der Waals surface area contributed by atoms with E-state index in [-0.39, 0.29) is 5.91 Å². The molecule has 1 amide bonds. The second-order valence-corrected chi connectivity index (χ2v) is 6.19. The Bertz CT molecular complexity index is 420. The summed E-state index contributed by atoms with van der Waals surface area (Å²) in [6.07, 6.45) is 4.81. The number of hydrogen-bond donors (Lipinski definition) is 1. The standard InChI is InChI=1S/C15H20BrNO/c1-3-14(8-11-4-5-11)17-15(18)12-6-10(2)7-13(16)9-12/h6-7,9,11,14H,3-5,8H2,1-2H3,(H,17,18). The van der Waals surface area contributed by atoms with Crippen LogP contribution in [0.2, 0.25) is 0 Å². The predicted molar refractivity (Wildman–Crippen MR) is 77.8 cm³/mol. The van der Waals surface area contributed by atoms with Crippen molar-refractivity contribution in [3.8, 4) is 0 Å². The normalized spacial score (nSPS) is 16.4. The maximum atomic E-state index is 12.2. The van der Waals surface area contributed by atoms with E-state index in [0.717, 1.165) is 34.4 Å². The molecule has 0 aliphatic heterocycles. The monoisotopic (exact) mass is 309 g/mol. The van der Waals surface area contributed by atoms with E-state index in [4.69, 9.17) is 0 Å². The minimum Gasteiger partial charge on any atom is -0.349 e. The molecule has 0 radical (unpaired) electrons. The third-order valence-corrected chi connectivity index (χ3v) is 3.90. The van der Waals surface area contributed by atoms with Crippen LogP contribution in [0.3, 0.4) is 0 Å². The van der Waals surface area contributed by atoms with E-state index in [1.807, 2.05) is 25.1 Å².